The van der Waals surface area contributed by atoms with E-state index < -0.39 is 23.9 Å². The van der Waals surface area contributed by atoms with Crippen molar-refractivity contribution in [1.82, 2.24) is 10.6 Å². The molecule has 1 unspecified atom stereocenters. The number of carboxylic acids is 1. The van der Waals surface area contributed by atoms with Gasteiger partial charge in [-0.15, -0.1) is 0 Å². The third kappa shape index (κ3) is 0.903. The Morgan fingerprint density at radius 2 is 2.10 bits per heavy atom. The van der Waals surface area contributed by atoms with Gasteiger partial charge in [-0.05, 0) is 0 Å². The van der Waals surface area contributed by atoms with Gasteiger partial charge in [0.2, 0.25) is 6.04 Å². The van der Waals surface area contributed by atoms with Crippen molar-refractivity contribution in [3.63, 3.8) is 0 Å². The van der Waals surface area contributed by atoms with Gasteiger partial charge in [-0.25, -0.2) is 9.59 Å². The predicted molar refractivity (Wildman–Crippen MR) is 28.1 cm³/mol. The van der Waals surface area contributed by atoms with Crippen molar-refractivity contribution in [2.45, 2.75) is 6.04 Å². The second kappa shape index (κ2) is 1.98. The van der Waals surface area contributed by atoms with Crippen molar-refractivity contribution in [3.05, 3.63) is 0 Å². The van der Waals surface area contributed by atoms with Crippen LogP contribution in [-0.4, -0.2) is 29.1 Å². The largest absolute Gasteiger partial charge is 0.479 e. The van der Waals surface area contributed by atoms with Crippen molar-refractivity contribution in [2.24, 2.45) is 0 Å². The summed E-state index contributed by atoms with van der Waals surface area (Å²) in [5, 5.41) is 11.9. The van der Waals surface area contributed by atoms with E-state index in [0.717, 1.165) is 0 Å². The smallest absolute Gasteiger partial charge is 0.336 e. The first-order valence-corrected chi connectivity index (χ1v) is 2.45. The lowest BCUT2D eigenvalue weighted by Crippen LogP contribution is -2.36. The van der Waals surface area contributed by atoms with E-state index in [0.29, 0.717) is 0 Å². The number of aliphatic carboxylic acids is 1. The van der Waals surface area contributed by atoms with E-state index in [-0.39, 0.29) is 0 Å². The molecule has 6 heteroatoms. The van der Waals surface area contributed by atoms with Gasteiger partial charge in [0.1, 0.15) is 0 Å². The number of hydrogen-bond donors (Lipinski definition) is 3. The number of amides is 3. The zero-order valence-corrected chi connectivity index (χ0v) is 4.75. The van der Waals surface area contributed by atoms with Crippen LogP contribution in [0.1, 0.15) is 0 Å². The van der Waals surface area contributed by atoms with Gasteiger partial charge >= 0.3 is 12.0 Å². The predicted octanol–water partition coefficient (Wildman–Crippen LogP) is -1.72. The summed E-state index contributed by atoms with van der Waals surface area (Å²) in [6.07, 6.45) is 0. The number of carbonyl (C=O) groups is 3. The Hall–Kier alpha value is -1.59. The molecule has 1 saturated heterocycles. The van der Waals surface area contributed by atoms with Crippen LogP contribution in [0.2, 0.25) is 0 Å². The molecular formula is C4H4N2O4. The van der Waals surface area contributed by atoms with Crippen LogP contribution in [0, 0.1) is 0 Å². The van der Waals surface area contributed by atoms with Crippen molar-refractivity contribution >= 4 is 17.9 Å². The summed E-state index contributed by atoms with van der Waals surface area (Å²) in [5.41, 5.74) is 0. The molecule has 1 aliphatic rings. The molecule has 0 bridgehead atoms. The molecule has 1 fully saturated rings. The number of hydrogen-bond acceptors (Lipinski definition) is 3. The maximum Gasteiger partial charge on any atom is 0.336 e. The van der Waals surface area contributed by atoms with E-state index in [2.05, 4.69) is 0 Å². The molecule has 0 saturated carbocycles. The van der Waals surface area contributed by atoms with E-state index in [1.54, 1.807) is 5.32 Å². The molecule has 6 nitrogen and oxygen atoms in total. The highest BCUT2D eigenvalue weighted by atomic mass is 16.4. The molecular weight excluding hydrogens is 140 g/mol. The standard InChI is InChI=1S/C4H4N2O4/c7-2-1(3(8)9)5-4(10)6-2/h1H,(H,8,9)(H2,5,6,7,10). The summed E-state index contributed by atoms with van der Waals surface area (Å²) in [6, 6.07) is -2.19. The fourth-order valence-electron chi connectivity index (χ4n) is 0.591. The summed E-state index contributed by atoms with van der Waals surface area (Å²) >= 11 is 0. The Kier molecular flexibility index (Phi) is 1.29. The average Bonchev–Trinajstić information content (AvgIpc) is 2.10. The number of urea groups is 1. The van der Waals surface area contributed by atoms with Crippen molar-refractivity contribution in [1.29, 1.82) is 0 Å². The van der Waals surface area contributed by atoms with E-state index in [1.807, 2.05) is 5.32 Å². The van der Waals surface area contributed by atoms with E-state index in [1.165, 1.54) is 0 Å². The van der Waals surface area contributed by atoms with Gasteiger partial charge in [-0.1, -0.05) is 0 Å². The zero-order valence-electron chi connectivity index (χ0n) is 4.75. The van der Waals surface area contributed by atoms with Crippen LogP contribution in [0.4, 0.5) is 4.79 Å². The first-order chi connectivity index (χ1) is 4.61. The van der Waals surface area contributed by atoms with Gasteiger partial charge in [0.15, 0.2) is 0 Å². The molecule has 1 atom stereocenters. The number of rotatable bonds is 1. The van der Waals surface area contributed by atoms with Gasteiger partial charge in [0.05, 0.1) is 0 Å². The second-order valence-electron chi connectivity index (χ2n) is 1.73. The highest BCUT2D eigenvalue weighted by Crippen LogP contribution is 1.91. The van der Waals surface area contributed by atoms with Gasteiger partial charge in [0.25, 0.3) is 5.91 Å². The van der Waals surface area contributed by atoms with Gasteiger partial charge < -0.3 is 10.4 Å². The number of carbonyl (C=O) groups excluding carboxylic acids is 2. The summed E-state index contributed by atoms with van der Waals surface area (Å²) in [4.78, 5) is 30.8. The van der Waals surface area contributed by atoms with Gasteiger partial charge in [0, 0.05) is 0 Å². The summed E-state index contributed by atoms with van der Waals surface area (Å²) < 4.78 is 0. The summed E-state index contributed by atoms with van der Waals surface area (Å²) in [6.45, 7) is 0. The monoisotopic (exact) mass is 144 g/mol. The summed E-state index contributed by atoms with van der Waals surface area (Å²) in [7, 11) is 0. The Morgan fingerprint density at radius 1 is 1.50 bits per heavy atom. The van der Waals surface area contributed by atoms with Crippen LogP contribution < -0.4 is 10.6 Å². The molecule has 1 rings (SSSR count). The van der Waals surface area contributed by atoms with Gasteiger partial charge in [-0.2, -0.15) is 0 Å². The number of imide groups is 1. The highest BCUT2D eigenvalue weighted by molar-refractivity contribution is 6.14. The average molecular weight is 144 g/mol. The normalized spacial score (nSPS) is 23.8. The molecule has 0 spiro atoms. The molecule has 3 amide bonds. The van der Waals surface area contributed by atoms with Crippen LogP contribution in [0.25, 0.3) is 0 Å². The molecule has 0 aromatic carbocycles. The Balaban J connectivity index is 2.72. The lowest BCUT2D eigenvalue weighted by atomic mass is 10.3. The molecule has 1 aliphatic heterocycles. The lowest BCUT2D eigenvalue weighted by molar-refractivity contribution is -0.142. The molecule has 54 valence electrons. The van der Waals surface area contributed by atoms with E-state index in [9.17, 15) is 14.4 Å². The molecule has 0 aromatic rings. The second-order valence-corrected chi connectivity index (χ2v) is 1.73. The Morgan fingerprint density at radius 3 is 2.30 bits per heavy atom. The molecule has 0 aliphatic carbocycles. The van der Waals surface area contributed by atoms with Crippen molar-refractivity contribution in [3.8, 4) is 0 Å². The lowest BCUT2D eigenvalue weighted by Gasteiger charge is -1.96. The maximum absolute atomic E-state index is 10.5. The minimum Gasteiger partial charge on any atom is -0.479 e. The van der Waals surface area contributed by atoms with Crippen molar-refractivity contribution < 1.29 is 19.5 Å². The number of nitrogens with one attached hydrogen (secondary N) is 2. The van der Waals surface area contributed by atoms with Crippen LogP contribution in [0.5, 0.6) is 0 Å². The SMILES string of the molecule is O=C1NC(=O)C(C(=O)O)N1. The minimum atomic E-state index is -1.42. The van der Waals surface area contributed by atoms with Crippen LogP contribution in [0.3, 0.4) is 0 Å². The number of carboxylic acid groups (broad SMARTS) is 1. The molecule has 0 aromatic heterocycles. The van der Waals surface area contributed by atoms with Crippen LogP contribution in [-0.2, 0) is 9.59 Å². The van der Waals surface area contributed by atoms with E-state index >= 15 is 0 Å². The maximum atomic E-state index is 10.5. The molecule has 3 N–H and O–H groups in total. The quantitative estimate of drug-likeness (QED) is 0.301. The molecule has 1 heterocycles. The van der Waals surface area contributed by atoms with Crippen molar-refractivity contribution in [2.75, 3.05) is 0 Å². The molecule has 10 heavy (non-hydrogen) atoms. The van der Waals surface area contributed by atoms with Crippen LogP contribution >= 0.6 is 0 Å². The van der Waals surface area contributed by atoms with Crippen LogP contribution in [0.15, 0.2) is 0 Å². The fraction of sp³-hybridized carbons (Fsp3) is 0.250. The third-order valence-corrected chi connectivity index (χ3v) is 1.02. The minimum absolute atomic E-state index is 0.766. The Bertz CT molecular complexity index is 211. The first kappa shape index (κ1) is 6.53. The Labute approximate surface area is 55.2 Å². The van der Waals surface area contributed by atoms with E-state index in [4.69, 9.17) is 5.11 Å². The topological polar surface area (TPSA) is 95.5 Å². The highest BCUT2D eigenvalue weighted by Gasteiger charge is 2.35. The molecule has 0 radical (unpaired) electrons. The third-order valence-electron chi connectivity index (χ3n) is 1.02. The zero-order chi connectivity index (χ0) is 7.72. The summed E-state index contributed by atoms with van der Waals surface area (Å²) in [5.74, 6) is -2.18. The first-order valence-electron chi connectivity index (χ1n) is 2.45. The fourth-order valence-corrected chi connectivity index (χ4v) is 0.591. The van der Waals surface area contributed by atoms with Gasteiger partial charge in [-0.3, -0.25) is 10.1 Å².